The Morgan fingerprint density at radius 1 is 1.16 bits per heavy atom. The third-order valence-corrected chi connectivity index (χ3v) is 6.94. The molecule has 0 radical (unpaired) electrons. The molecule has 2 aliphatic rings. The van der Waals surface area contributed by atoms with Crippen LogP contribution in [0.1, 0.15) is 13.8 Å². The van der Waals surface area contributed by atoms with Crippen molar-refractivity contribution in [3.63, 3.8) is 0 Å². The predicted octanol–water partition coefficient (Wildman–Crippen LogP) is 4.72. The molecule has 3 heterocycles. The number of likely N-dealkylation sites (N-methyl/N-ethyl adjacent to an activating group) is 1. The highest BCUT2D eigenvalue weighted by atomic mass is 32.2. The monoisotopic (exact) mass is 388 g/mol. The van der Waals surface area contributed by atoms with E-state index >= 15 is 0 Å². The summed E-state index contributed by atoms with van der Waals surface area (Å²) in [5.74, 6) is 0.117. The van der Waals surface area contributed by atoms with Gasteiger partial charge in [-0.15, -0.1) is 11.3 Å². The molecule has 0 atom stereocenters. The van der Waals surface area contributed by atoms with Crippen LogP contribution in [0.3, 0.4) is 0 Å². The van der Waals surface area contributed by atoms with Crippen LogP contribution < -0.4 is 4.90 Å². The second-order valence-electron chi connectivity index (χ2n) is 5.53. The second kappa shape index (κ2) is 6.48. The fourth-order valence-electron chi connectivity index (χ4n) is 2.90. The standard InChI is InChI=1S/C18H16N2O2S3/c1-3-19-14(10-9-12-16(21)20(4-2)18(23)22-12)25-15-11-7-5-6-8-13(11)24-17(15)19/h5-10H,3-4H2,1-2H3/b12-9-,14-10+. The molecule has 0 unspecified atom stereocenters. The van der Waals surface area contributed by atoms with Crippen LogP contribution >= 0.6 is 35.3 Å². The van der Waals surface area contributed by atoms with Gasteiger partial charge in [-0.05, 0) is 44.3 Å². The second-order valence-corrected chi connectivity index (χ2v) is 7.94. The van der Waals surface area contributed by atoms with E-state index < -0.39 is 0 Å². The summed E-state index contributed by atoms with van der Waals surface area (Å²) in [6.07, 6.45) is 3.68. The number of anilines is 1. The van der Waals surface area contributed by atoms with Crippen LogP contribution in [-0.2, 0) is 9.53 Å². The van der Waals surface area contributed by atoms with E-state index in [1.165, 1.54) is 24.9 Å². The number of benzene rings is 1. The Morgan fingerprint density at radius 3 is 2.64 bits per heavy atom. The van der Waals surface area contributed by atoms with Crippen molar-refractivity contribution in [1.29, 1.82) is 0 Å². The highest BCUT2D eigenvalue weighted by Gasteiger charge is 2.32. The zero-order chi connectivity index (χ0) is 17.6. The lowest BCUT2D eigenvalue weighted by molar-refractivity contribution is -0.122. The molecular formula is C18H16N2O2S3. The third-order valence-electron chi connectivity index (χ3n) is 4.13. The van der Waals surface area contributed by atoms with E-state index in [0.29, 0.717) is 6.54 Å². The number of carbonyl (C=O) groups is 1. The normalized spacial score (nSPS) is 20.2. The van der Waals surface area contributed by atoms with E-state index in [-0.39, 0.29) is 16.8 Å². The third kappa shape index (κ3) is 2.67. The predicted molar refractivity (Wildman–Crippen MR) is 108 cm³/mol. The molecule has 0 saturated carbocycles. The Morgan fingerprint density at radius 2 is 1.92 bits per heavy atom. The summed E-state index contributed by atoms with van der Waals surface area (Å²) >= 11 is 8.63. The van der Waals surface area contributed by atoms with Crippen LogP contribution in [0.15, 0.2) is 52.1 Å². The molecule has 1 aromatic carbocycles. The number of nitrogens with zero attached hydrogens (tertiary/aromatic N) is 2. The average Bonchev–Trinajstić information content (AvgIpc) is 3.22. The largest absolute Gasteiger partial charge is 0.426 e. The number of rotatable bonds is 3. The Kier molecular flexibility index (Phi) is 4.31. The zero-order valence-corrected chi connectivity index (χ0v) is 16.3. The SMILES string of the molecule is CCN1C(=O)/C(=C/C=C2/Sc3c(sc4ccccc34)N2CC)OC1=S. The van der Waals surface area contributed by atoms with Crippen LogP contribution in [0, 0.1) is 0 Å². The molecule has 7 heteroatoms. The molecule has 2 aliphatic heterocycles. The van der Waals surface area contributed by atoms with Crippen molar-refractivity contribution in [3.8, 4) is 0 Å². The molecule has 0 bridgehead atoms. The van der Waals surface area contributed by atoms with Gasteiger partial charge in [0.2, 0.25) is 0 Å². The molecule has 4 rings (SSSR count). The van der Waals surface area contributed by atoms with Gasteiger partial charge in [-0.3, -0.25) is 9.69 Å². The van der Waals surface area contributed by atoms with Crippen molar-refractivity contribution in [1.82, 2.24) is 4.90 Å². The van der Waals surface area contributed by atoms with Gasteiger partial charge in [0.25, 0.3) is 11.1 Å². The molecule has 0 spiro atoms. The van der Waals surface area contributed by atoms with Gasteiger partial charge in [-0.2, -0.15) is 0 Å². The molecule has 4 nitrogen and oxygen atoms in total. The van der Waals surface area contributed by atoms with Crippen molar-refractivity contribution in [2.75, 3.05) is 18.0 Å². The van der Waals surface area contributed by atoms with Gasteiger partial charge in [-0.1, -0.05) is 30.0 Å². The first-order valence-corrected chi connectivity index (χ1v) is 10.1. The van der Waals surface area contributed by atoms with Crippen molar-refractivity contribution in [2.24, 2.45) is 0 Å². The van der Waals surface area contributed by atoms with Crippen LogP contribution in [0.5, 0.6) is 0 Å². The van der Waals surface area contributed by atoms with Gasteiger partial charge in [-0.25, -0.2) is 0 Å². The van der Waals surface area contributed by atoms with E-state index in [2.05, 4.69) is 36.1 Å². The van der Waals surface area contributed by atoms with Gasteiger partial charge < -0.3 is 9.64 Å². The molecule has 0 aliphatic carbocycles. The molecule has 0 N–H and O–H groups in total. The number of thioether (sulfide) groups is 1. The molecule has 1 saturated heterocycles. The molecule has 1 aromatic heterocycles. The Balaban J connectivity index is 1.67. The summed E-state index contributed by atoms with van der Waals surface area (Å²) in [4.78, 5) is 17.3. The lowest BCUT2D eigenvalue weighted by Crippen LogP contribution is -2.27. The maximum atomic E-state index is 12.2. The van der Waals surface area contributed by atoms with Gasteiger partial charge in [0.1, 0.15) is 5.00 Å². The maximum Gasteiger partial charge on any atom is 0.297 e. The summed E-state index contributed by atoms with van der Waals surface area (Å²) in [7, 11) is 0. The molecular weight excluding hydrogens is 372 g/mol. The van der Waals surface area contributed by atoms with Crippen LogP contribution in [-0.4, -0.2) is 29.1 Å². The van der Waals surface area contributed by atoms with E-state index in [9.17, 15) is 4.79 Å². The lowest BCUT2D eigenvalue weighted by atomic mass is 10.2. The first-order chi connectivity index (χ1) is 12.1. The topological polar surface area (TPSA) is 32.8 Å². The highest BCUT2D eigenvalue weighted by Crippen LogP contribution is 2.54. The van der Waals surface area contributed by atoms with Gasteiger partial charge in [0.05, 0.1) is 9.92 Å². The first kappa shape index (κ1) is 16.6. The van der Waals surface area contributed by atoms with Crippen molar-refractivity contribution >= 4 is 61.5 Å². The summed E-state index contributed by atoms with van der Waals surface area (Å²) in [5, 5.41) is 3.88. The van der Waals surface area contributed by atoms with Gasteiger partial charge in [0.15, 0.2) is 5.76 Å². The number of carbonyl (C=O) groups excluding carboxylic acids is 1. The van der Waals surface area contributed by atoms with E-state index in [1.807, 2.05) is 13.0 Å². The van der Waals surface area contributed by atoms with Crippen molar-refractivity contribution in [2.45, 2.75) is 18.7 Å². The Labute approximate surface area is 159 Å². The summed E-state index contributed by atoms with van der Waals surface area (Å²) in [5.41, 5.74) is 0. The summed E-state index contributed by atoms with van der Waals surface area (Å²) in [6.45, 7) is 5.40. The minimum Gasteiger partial charge on any atom is -0.426 e. The maximum absolute atomic E-state index is 12.2. The summed E-state index contributed by atoms with van der Waals surface area (Å²) in [6, 6.07) is 8.46. The Hall–Kier alpha value is -1.83. The Bertz CT molecular complexity index is 945. The number of fused-ring (bicyclic) bond motifs is 3. The lowest BCUT2D eigenvalue weighted by Gasteiger charge is -2.16. The average molecular weight is 389 g/mol. The number of ether oxygens (including phenoxy) is 1. The molecule has 1 fully saturated rings. The number of allylic oxidation sites excluding steroid dienone is 2. The molecule has 2 aromatic rings. The van der Waals surface area contributed by atoms with E-state index in [1.54, 1.807) is 29.2 Å². The first-order valence-electron chi connectivity index (χ1n) is 8.06. The number of amides is 1. The quantitative estimate of drug-likeness (QED) is 0.561. The van der Waals surface area contributed by atoms with Crippen LogP contribution in [0.25, 0.3) is 10.1 Å². The summed E-state index contributed by atoms with van der Waals surface area (Å²) < 4.78 is 6.73. The minimum absolute atomic E-state index is 0.171. The smallest absolute Gasteiger partial charge is 0.297 e. The van der Waals surface area contributed by atoms with Crippen LogP contribution in [0.2, 0.25) is 0 Å². The van der Waals surface area contributed by atoms with Crippen LogP contribution in [0.4, 0.5) is 5.00 Å². The van der Waals surface area contributed by atoms with Gasteiger partial charge >= 0.3 is 0 Å². The number of hydrogen-bond donors (Lipinski definition) is 0. The minimum atomic E-state index is -0.171. The fraction of sp³-hybridized carbons (Fsp3) is 0.222. The molecule has 25 heavy (non-hydrogen) atoms. The number of thiocarbonyl (C=S) groups is 1. The van der Waals surface area contributed by atoms with E-state index in [4.69, 9.17) is 17.0 Å². The number of thiophene rings is 1. The van der Waals surface area contributed by atoms with Crippen molar-refractivity contribution in [3.05, 3.63) is 47.2 Å². The molecule has 128 valence electrons. The fourth-order valence-corrected chi connectivity index (χ4v) is 5.91. The number of hydrogen-bond acceptors (Lipinski definition) is 6. The van der Waals surface area contributed by atoms with E-state index in [0.717, 1.165) is 11.6 Å². The van der Waals surface area contributed by atoms with Crippen molar-refractivity contribution < 1.29 is 9.53 Å². The highest BCUT2D eigenvalue weighted by molar-refractivity contribution is 8.04. The zero-order valence-electron chi connectivity index (χ0n) is 13.8. The van der Waals surface area contributed by atoms with Gasteiger partial charge in [0, 0.05) is 23.2 Å². The molecule has 1 amide bonds.